The highest BCUT2D eigenvalue weighted by atomic mass is 32.2. The van der Waals surface area contributed by atoms with Crippen molar-refractivity contribution in [1.82, 2.24) is 4.98 Å². The zero-order chi connectivity index (χ0) is 17.3. The first-order valence-electron chi connectivity index (χ1n) is 6.38. The molecule has 9 heteroatoms. The Balaban J connectivity index is 2.98. The number of alkyl halides is 3. The van der Waals surface area contributed by atoms with Gasteiger partial charge in [-0.1, -0.05) is 0 Å². The van der Waals surface area contributed by atoms with Crippen LogP contribution in [-0.2, 0) is 20.8 Å². The number of hydrogen-bond donors (Lipinski definition) is 1. The monoisotopic (exact) mass is 338 g/mol. The topological polar surface area (TPSA) is 76.1 Å². The largest absolute Gasteiger partial charge is 0.417 e. The molecule has 0 aliphatic carbocycles. The Morgan fingerprint density at radius 2 is 1.77 bits per heavy atom. The van der Waals surface area contributed by atoms with Gasteiger partial charge in [0.1, 0.15) is 10.6 Å². The fourth-order valence-electron chi connectivity index (χ4n) is 1.62. The fourth-order valence-corrected chi connectivity index (χ4v) is 3.11. The lowest BCUT2D eigenvalue weighted by Crippen LogP contribution is -2.47. The Morgan fingerprint density at radius 1 is 1.23 bits per heavy atom. The third-order valence-electron chi connectivity index (χ3n) is 3.21. The maximum absolute atomic E-state index is 12.4. The van der Waals surface area contributed by atoms with Gasteiger partial charge in [0.25, 0.3) is 0 Å². The van der Waals surface area contributed by atoms with Crippen molar-refractivity contribution in [3.05, 3.63) is 23.9 Å². The molecule has 1 rings (SSSR count). The zero-order valence-electron chi connectivity index (χ0n) is 12.5. The van der Waals surface area contributed by atoms with Crippen molar-refractivity contribution in [1.29, 1.82) is 0 Å². The molecule has 0 radical (unpaired) electrons. The van der Waals surface area contributed by atoms with Crippen molar-refractivity contribution in [2.45, 2.75) is 43.9 Å². The van der Waals surface area contributed by atoms with Gasteiger partial charge >= 0.3 is 6.18 Å². The highest BCUT2D eigenvalue weighted by Crippen LogP contribution is 2.29. The van der Waals surface area contributed by atoms with E-state index in [9.17, 15) is 26.4 Å². The van der Waals surface area contributed by atoms with Gasteiger partial charge in [-0.2, -0.15) is 13.2 Å². The maximum Gasteiger partial charge on any atom is 0.417 e. The van der Waals surface area contributed by atoms with E-state index in [2.05, 4.69) is 10.3 Å². The zero-order valence-corrected chi connectivity index (χ0v) is 13.3. The van der Waals surface area contributed by atoms with Crippen LogP contribution in [0, 0.1) is 0 Å². The van der Waals surface area contributed by atoms with Gasteiger partial charge < -0.3 is 5.32 Å². The second kappa shape index (κ2) is 5.86. The molecule has 124 valence electrons. The molecule has 0 saturated heterocycles. The Kier molecular flexibility index (Phi) is 4.91. The summed E-state index contributed by atoms with van der Waals surface area (Å²) in [6.45, 7) is 5.37. The van der Waals surface area contributed by atoms with Gasteiger partial charge in [-0.25, -0.2) is 13.4 Å². The number of hydrogen-bond acceptors (Lipinski definition) is 4. The molecular formula is C13H17F3N2O3S. The average molecular weight is 338 g/mol. The van der Waals surface area contributed by atoms with E-state index in [0.717, 1.165) is 12.1 Å². The number of sulfone groups is 1. The van der Waals surface area contributed by atoms with E-state index in [0.29, 0.717) is 6.20 Å². The standard InChI is InChI=1S/C13H17F3N2O3S/c1-8(2)22(20,21)12(3,4)11(19)18-10-6-5-9(7-17-10)13(14,15)16/h5-8H,1-4H3,(H,17,18,19). The molecule has 0 spiro atoms. The Labute approximate surface area is 126 Å². The van der Waals surface area contributed by atoms with E-state index in [1.807, 2.05) is 0 Å². The van der Waals surface area contributed by atoms with E-state index in [1.54, 1.807) is 0 Å². The van der Waals surface area contributed by atoms with E-state index >= 15 is 0 Å². The number of halogens is 3. The van der Waals surface area contributed by atoms with Crippen molar-refractivity contribution in [2.24, 2.45) is 0 Å². The molecule has 1 aromatic heterocycles. The number of carbonyl (C=O) groups is 1. The Hall–Kier alpha value is -1.64. The van der Waals surface area contributed by atoms with Crippen LogP contribution in [0.3, 0.4) is 0 Å². The number of nitrogens with zero attached hydrogens (tertiary/aromatic N) is 1. The Bertz CT molecular complexity index is 650. The molecule has 0 aromatic carbocycles. The normalized spacial score (nSPS) is 13.3. The first-order valence-corrected chi connectivity index (χ1v) is 7.93. The highest BCUT2D eigenvalue weighted by molar-refractivity contribution is 7.94. The van der Waals surface area contributed by atoms with Crippen LogP contribution in [0.15, 0.2) is 18.3 Å². The van der Waals surface area contributed by atoms with Gasteiger partial charge in [-0.15, -0.1) is 0 Å². The van der Waals surface area contributed by atoms with Crippen LogP contribution in [0.25, 0.3) is 0 Å². The Morgan fingerprint density at radius 3 is 2.14 bits per heavy atom. The molecule has 0 bridgehead atoms. The van der Waals surface area contributed by atoms with Gasteiger partial charge in [-0.3, -0.25) is 4.79 Å². The summed E-state index contributed by atoms with van der Waals surface area (Å²) in [5.74, 6) is -1.00. The molecule has 22 heavy (non-hydrogen) atoms. The molecule has 0 aliphatic heterocycles. The molecular weight excluding hydrogens is 321 g/mol. The van der Waals surface area contributed by atoms with Crippen LogP contribution in [0.2, 0.25) is 0 Å². The molecule has 1 N–H and O–H groups in total. The summed E-state index contributed by atoms with van der Waals surface area (Å²) in [5, 5.41) is 1.46. The van der Waals surface area contributed by atoms with Crippen LogP contribution in [0.1, 0.15) is 33.3 Å². The predicted molar refractivity (Wildman–Crippen MR) is 76.0 cm³/mol. The highest BCUT2D eigenvalue weighted by Gasteiger charge is 2.43. The second-order valence-electron chi connectivity index (χ2n) is 5.49. The molecule has 1 aromatic rings. The smallest absolute Gasteiger partial charge is 0.309 e. The minimum absolute atomic E-state index is 0.148. The lowest BCUT2D eigenvalue weighted by atomic mass is 10.2. The van der Waals surface area contributed by atoms with E-state index in [1.165, 1.54) is 27.7 Å². The SMILES string of the molecule is CC(C)S(=O)(=O)C(C)(C)C(=O)Nc1ccc(C(F)(F)F)cn1. The summed E-state index contributed by atoms with van der Waals surface area (Å²) < 4.78 is 59.8. The predicted octanol–water partition coefficient (Wildman–Crippen LogP) is 2.64. The lowest BCUT2D eigenvalue weighted by Gasteiger charge is -2.25. The molecule has 0 saturated carbocycles. The van der Waals surface area contributed by atoms with Crippen LogP contribution >= 0.6 is 0 Å². The van der Waals surface area contributed by atoms with Crippen molar-refractivity contribution >= 4 is 21.6 Å². The molecule has 1 heterocycles. The van der Waals surface area contributed by atoms with Gasteiger partial charge in [0, 0.05) is 6.20 Å². The van der Waals surface area contributed by atoms with E-state index < -0.39 is 37.5 Å². The van der Waals surface area contributed by atoms with Crippen molar-refractivity contribution in [3.63, 3.8) is 0 Å². The fraction of sp³-hybridized carbons (Fsp3) is 0.538. The minimum atomic E-state index is -4.53. The quantitative estimate of drug-likeness (QED) is 0.916. The minimum Gasteiger partial charge on any atom is -0.309 e. The summed E-state index contributed by atoms with van der Waals surface area (Å²) in [5.41, 5.74) is -0.959. The average Bonchev–Trinajstić information content (AvgIpc) is 2.37. The van der Waals surface area contributed by atoms with Gasteiger partial charge in [0.15, 0.2) is 9.84 Å². The van der Waals surface area contributed by atoms with E-state index in [4.69, 9.17) is 0 Å². The van der Waals surface area contributed by atoms with Crippen LogP contribution in [-0.4, -0.2) is 29.3 Å². The maximum atomic E-state index is 12.4. The molecule has 5 nitrogen and oxygen atoms in total. The summed E-state index contributed by atoms with van der Waals surface area (Å²) in [6.07, 6.45) is -3.96. The molecule has 0 fully saturated rings. The van der Waals surface area contributed by atoms with Gasteiger partial charge in [-0.05, 0) is 39.8 Å². The molecule has 0 unspecified atom stereocenters. The van der Waals surface area contributed by atoms with Gasteiger partial charge in [0.05, 0.1) is 10.8 Å². The number of carbonyl (C=O) groups excluding carboxylic acids is 1. The van der Waals surface area contributed by atoms with Gasteiger partial charge in [0.2, 0.25) is 5.91 Å². The van der Waals surface area contributed by atoms with Crippen LogP contribution in [0.4, 0.5) is 19.0 Å². The lowest BCUT2D eigenvalue weighted by molar-refractivity contribution is -0.137. The summed E-state index contributed by atoms with van der Waals surface area (Å²) >= 11 is 0. The molecule has 0 atom stereocenters. The summed E-state index contributed by atoms with van der Waals surface area (Å²) in [6, 6.07) is 1.73. The number of nitrogens with one attached hydrogen (secondary N) is 1. The first kappa shape index (κ1) is 18.4. The van der Waals surface area contributed by atoms with Crippen molar-refractivity contribution in [2.75, 3.05) is 5.32 Å². The molecule has 0 aliphatic rings. The number of amides is 1. The number of rotatable bonds is 4. The number of pyridine rings is 1. The van der Waals surface area contributed by atoms with Crippen LogP contribution in [0.5, 0.6) is 0 Å². The third kappa shape index (κ3) is 3.57. The number of aromatic nitrogens is 1. The van der Waals surface area contributed by atoms with Crippen molar-refractivity contribution in [3.8, 4) is 0 Å². The molecule has 1 amide bonds. The van der Waals surface area contributed by atoms with Crippen molar-refractivity contribution < 1.29 is 26.4 Å². The summed E-state index contributed by atoms with van der Waals surface area (Å²) in [4.78, 5) is 15.6. The summed E-state index contributed by atoms with van der Waals surface area (Å²) in [7, 11) is -3.75. The second-order valence-corrected chi connectivity index (χ2v) is 8.54. The number of anilines is 1. The first-order chi connectivity index (χ1) is 9.80. The van der Waals surface area contributed by atoms with Crippen LogP contribution < -0.4 is 5.32 Å². The third-order valence-corrected chi connectivity index (χ3v) is 6.06. The van der Waals surface area contributed by atoms with E-state index in [-0.39, 0.29) is 5.82 Å².